The third-order valence-electron chi connectivity index (χ3n) is 0.992. The fourth-order valence-corrected chi connectivity index (χ4v) is 1.18. The Bertz CT molecular complexity index is 171. The molecule has 0 amide bonds. The molecule has 0 aliphatic heterocycles. The van der Waals surface area contributed by atoms with Crippen LogP contribution in [0.5, 0.6) is 0 Å². The quantitative estimate of drug-likeness (QED) is 0.593. The zero-order chi connectivity index (χ0) is 6.53. The molecule has 0 fully saturated rings. The standard InChI is InChI=1S/C6H7NOS/c8-3-1-2-6-4-7-5-9-6/h3-5H,1-2H2. The van der Waals surface area contributed by atoms with Crippen LogP contribution in [0.3, 0.4) is 0 Å². The monoisotopic (exact) mass is 141 g/mol. The van der Waals surface area contributed by atoms with E-state index in [-0.39, 0.29) is 0 Å². The van der Waals surface area contributed by atoms with E-state index in [9.17, 15) is 4.79 Å². The van der Waals surface area contributed by atoms with Crippen LogP contribution in [0, 0.1) is 0 Å². The Morgan fingerprint density at radius 1 is 1.78 bits per heavy atom. The van der Waals surface area contributed by atoms with Gasteiger partial charge in [-0.2, -0.15) is 0 Å². The molecule has 0 unspecified atom stereocenters. The van der Waals surface area contributed by atoms with E-state index in [1.165, 1.54) is 4.88 Å². The van der Waals surface area contributed by atoms with Crippen molar-refractivity contribution in [3.05, 3.63) is 16.6 Å². The van der Waals surface area contributed by atoms with Crippen LogP contribution in [-0.2, 0) is 11.2 Å². The van der Waals surface area contributed by atoms with Gasteiger partial charge in [-0.05, 0) is 6.42 Å². The molecular formula is C6H7NOS. The summed E-state index contributed by atoms with van der Waals surface area (Å²) in [4.78, 5) is 14.9. The average molecular weight is 141 g/mol. The van der Waals surface area contributed by atoms with E-state index in [4.69, 9.17) is 0 Å². The summed E-state index contributed by atoms with van der Waals surface area (Å²) >= 11 is 1.59. The van der Waals surface area contributed by atoms with Gasteiger partial charge in [0.25, 0.3) is 0 Å². The number of nitrogens with zero attached hydrogens (tertiary/aromatic N) is 1. The van der Waals surface area contributed by atoms with Gasteiger partial charge in [0, 0.05) is 17.5 Å². The summed E-state index contributed by atoms with van der Waals surface area (Å²) < 4.78 is 0. The van der Waals surface area contributed by atoms with Crippen molar-refractivity contribution in [1.82, 2.24) is 4.98 Å². The maximum atomic E-state index is 9.88. The highest BCUT2D eigenvalue weighted by Crippen LogP contribution is 2.06. The van der Waals surface area contributed by atoms with Gasteiger partial charge < -0.3 is 4.79 Å². The Morgan fingerprint density at radius 3 is 3.22 bits per heavy atom. The molecule has 0 spiro atoms. The van der Waals surface area contributed by atoms with E-state index in [1.54, 1.807) is 23.0 Å². The van der Waals surface area contributed by atoms with Gasteiger partial charge in [0.1, 0.15) is 6.29 Å². The van der Waals surface area contributed by atoms with Gasteiger partial charge >= 0.3 is 0 Å². The van der Waals surface area contributed by atoms with E-state index in [0.29, 0.717) is 6.42 Å². The molecule has 1 rings (SSSR count). The van der Waals surface area contributed by atoms with Gasteiger partial charge in [-0.1, -0.05) is 0 Å². The third kappa shape index (κ3) is 1.93. The van der Waals surface area contributed by atoms with Crippen LogP contribution in [0.1, 0.15) is 11.3 Å². The highest BCUT2D eigenvalue weighted by Gasteiger charge is 1.91. The smallest absolute Gasteiger partial charge is 0.120 e. The van der Waals surface area contributed by atoms with Crippen molar-refractivity contribution in [2.75, 3.05) is 0 Å². The number of carbonyl (C=O) groups excluding carboxylic acids is 1. The predicted molar refractivity (Wildman–Crippen MR) is 36.5 cm³/mol. The summed E-state index contributed by atoms with van der Waals surface area (Å²) in [7, 11) is 0. The van der Waals surface area contributed by atoms with Gasteiger partial charge in [0.15, 0.2) is 0 Å². The van der Waals surface area contributed by atoms with Crippen LogP contribution in [-0.4, -0.2) is 11.3 Å². The molecule has 0 aromatic carbocycles. The summed E-state index contributed by atoms with van der Waals surface area (Å²) in [6.07, 6.45) is 4.18. The number of aryl methyl sites for hydroxylation is 1. The highest BCUT2D eigenvalue weighted by molar-refractivity contribution is 7.09. The lowest BCUT2D eigenvalue weighted by Gasteiger charge is -1.83. The fraction of sp³-hybridized carbons (Fsp3) is 0.333. The number of thiazole rings is 1. The first-order valence-corrected chi connectivity index (χ1v) is 3.62. The summed E-state index contributed by atoms with van der Waals surface area (Å²) in [5, 5.41) is 0. The Labute approximate surface area is 57.5 Å². The molecule has 0 aliphatic carbocycles. The van der Waals surface area contributed by atoms with Crippen molar-refractivity contribution >= 4 is 17.6 Å². The third-order valence-corrected chi connectivity index (χ3v) is 1.83. The summed E-state index contributed by atoms with van der Waals surface area (Å²) in [6.45, 7) is 0. The first-order chi connectivity index (χ1) is 4.43. The van der Waals surface area contributed by atoms with Crippen molar-refractivity contribution in [1.29, 1.82) is 0 Å². The van der Waals surface area contributed by atoms with Crippen molar-refractivity contribution in [2.45, 2.75) is 12.8 Å². The largest absolute Gasteiger partial charge is 0.303 e. The second-order valence-electron chi connectivity index (χ2n) is 1.67. The highest BCUT2D eigenvalue weighted by atomic mass is 32.1. The molecule has 0 saturated carbocycles. The van der Waals surface area contributed by atoms with Crippen LogP contribution in [0.4, 0.5) is 0 Å². The maximum Gasteiger partial charge on any atom is 0.120 e. The topological polar surface area (TPSA) is 30.0 Å². The molecule has 1 aromatic rings. The van der Waals surface area contributed by atoms with Crippen molar-refractivity contribution in [3.8, 4) is 0 Å². The van der Waals surface area contributed by atoms with Gasteiger partial charge in [0.2, 0.25) is 0 Å². The van der Waals surface area contributed by atoms with Crippen molar-refractivity contribution in [2.24, 2.45) is 0 Å². The molecule has 0 aliphatic rings. The van der Waals surface area contributed by atoms with Crippen LogP contribution < -0.4 is 0 Å². The van der Waals surface area contributed by atoms with E-state index in [0.717, 1.165) is 12.7 Å². The Balaban J connectivity index is 2.38. The molecule has 0 N–H and O–H groups in total. The first kappa shape index (κ1) is 6.42. The Kier molecular flexibility index (Phi) is 2.39. The second-order valence-corrected chi connectivity index (χ2v) is 2.64. The first-order valence-electron chi connectivity index (χ1n) is 2.74. The summed E-state index contributed by atoms with van der Waals surface area (Å²) in [6, 6.07) is 0. The van der Waals surface area contributed by atoms with Crippen LogP contribution in [0.25, 0.3) is 0 Å². The molecule has 0 bridgehead atoms. The molecule has 1 aromatic heterocycles. The number of aromatic nitrogens is 1. The van der Waals surface area contributed by atoms with Gasteiger partial charge in [-0.25, -0.2) is 0 Å². The van der Waals surface area contributed by atoms with Gasteiger partial charge in [-0.15, -0.1) is 11.3 Å². The average Bonchev–Trinajstić information content (AvgIpc) is 2.34. The lowest BCUT2D eigenvalue weighted by molar-refractivity contribution is -0.107. The molecule has 48 valence electrons. The molecule has 0 radical (unpaired) electrons. The Morgan fingerprint density at radius 2 is 2.67 bits per heavy atom. The predicted octanol–water partition coefficient (Wildman–Crippen LogP) is 1.27. The van der Waals surface area contributed by atoms with E-state index >= 15 is 0 Å². The molecule has 0 saturated heterocycles. The fourth-order valence-electron chi connectivity index (χ4n) is 0.567. The minimum absolute atomic E-state index is 0.613. The second kappa shape index (κ2) is 3.35. The molecule has 0 atom stereocenters. The van der Waals surface area contributed by atoms with Crippen LogP contribution in [0.15, 0.2) is 11.7 Å². The molecular weight excluding hydrogens is 134 g/mol. The summed E-state index contributed by atoms with van der Waals surface area (Å²) in [5.41, 5.74) is 1.78. The van der Waals surface area contributed by atoms with E-state index in [1.807, 2.05) is 0 Å². The molecule has 2 nitrogen and oxygen atoms in total. The zero-order valence-electron chi connectivity index (χ0n) is 4.91. The molecule has 3 heteroatoms. The number of aldehydes is 1. The normalized spacial score (nSPS) is 9.33. The molecule has 9 heavy (non-hydrogen) atoms. The van der Waals surface area contributed by atoms with Crippen LogP contribution in [0.2, 0.25) is 0 Å². The van der Waals surface area contributed by atoms with Crippen molar-refractivity contribution < 1.29 is 4.79 Å². The minimum atomic E-state index is 0.613. The maximum absolute atomic E-state index is 9.88. The number of hydrogen-bond donors (Lipinski definition) is 0. The van der Waals surface area contributed by atoms with Crippen molar-refractivity contribution in [3.63, 3.8) is 0 Å². The molecule has 1 heterocycles. The van der Waals surface area contributed by atoms with E-state index < -0.39 is 0 Å². The SMILES string of the molecule is O=CCCc1cncs1. The van der Waals surface area contributed by atoms with Crippen LogP contribution >= 0.6 is 11.3 Å². The Hall–Kier alpha value is -0.700. The lowest BCUT2D eigenvalue weighted by atomic mass is 10.3. The minimum Gasteiger partial charge on any atom is -0.303 e. The zero-order valence-corrected chi connectivity index (χ0v) is 5.73. The summed E-state index contributed by atoms with van der Waals surface area (Å²) in [5.74, 6) is 0. The lowest BCUT2D eigenvalue weighted by Crippen LogP contribution is -1.79. The van der Waals surface area contributed by atoms with Gasteiger partial charge in [0.05, 0.1) is 5.51 Å². The number of carbonyl (C=O) groups is 1. The number of rotatable bonds is 3. The number of hydrogen-bond acceptors (Lipinski definition) is 3. The van der Waals surface area contributed by atoms with Gasteiger partial charge in [-0.3, -0.25) is 4.98 Å². The van der Waals surface area contributed by atoms with E-state index in [2.05, 4.69) is 4.98 Å².